The summed E-state index contributed by atoms with van der Waals surface area (Å²) in [5, 5.41) is 6.80. The Morgan fingerprint density at radius 2 is 2.21 bits per heavy atom. The predicted octanol–water partition coefficient (Wildman–Crippen LogP) is 3.59. The molecule has 0 aliphatic rings. The molecule has 0 amide bonds. The first-order valence-corrected chi connectivity index (χ1v) is 9.00. The summed E-state index contributed by atoms with van der Waals surface area (Å²) in [4.78, 5) is 11.6. The van der Waals surface area contributed by atoms with Crippen LogP contribution in [0, 0.1) is 6.92 Å². The van der Waals surface area contributed by atoms with E-state index in [9.17, 15) is 4.79 Å². The van der Waals surface area contributed by atoms with Crippen molar-refractivity contribution in [3.63, 3.8) is 0 Å². The average molecular weight is 364 g/mol. The number of hydrogen-bond donors (Lipinski definition) is 2. The fourth-order valence-electron chi connectivity index (χ4n) is 1.97. The van der Waals surface area contributed by atoms with Crippen molar-refractivity contribution in [1.29, 1.82) is 0 Å². The Labute approximate surface area is 151 Å². The lowest BCUT2D eigenvalue weighted by molar-refractivity contribution is 0.0601. The number of hydrogen-bond acceptors (Lipinski definition) is 5. The van der Waals surface area contributed by atoms with Gasteiger partial charge in [-0.05, 0) is 49.0 Å². The quantitative estimate of drug-likeness (QED) is 0.442. The van der Waals surface area contributed by atoms with Crippen LogP contribution in [-0.4, -0.2) is 30.5 Å². The van der Waals surface area contributed by atoms with Crippen LogP contribution in [0.15, 0.2) is 41.0 Å². The van der Waals surface area contributed by atoms with Crippen molar-refractivity contribution in [2.45, 2.75) is 12.7 Å². The van der Waals surface area contributed by atoms with E-state index < -0.39 is 0 Å². The molecule has 2 rings (SSSR count). The van der Waals surface area contributed by atoms with Crippen LogP contribution in [0.3, 0.4) is 0 Å². The van der Waals surface area contributed by atoms with E-state index in [1.54, 1.807) is 30.2 Å². The van der Waals surface area contributed by atoms with E-state index >= 15 is 0 Å². The van der Waals surface area contributed by atoms with Crippen LogP contribution in [0.4, 0.5) is 5.69 Å². The third-order valence-electron chi connectivity index (χ3n) is 3.26. The first kappa shape index (κ1) is 18.4. The number of thiocarbonyl (C=S) groups is 1. The van der Waals surface area contributed by atoms with Crippen LogP contribution in [0.25, 0.3) is 0 Å². The number of carbonyl (C=O) groups excluding carboxylic acids is 1. The van der Waals surface area contributed by atoms with Crippen LogP contribution in [0.2, 0.25) is 0 Å². The third kappa shape index (κ3) is 5.58. The summed E-state index contributed by atoms with van der Waals surface area (Å²) in [6, 6.07) is 9.17. The molecule has 1 heterocycles. The van der Waals surface area contributed by atoms with E-state index in [1.165, 1.54) is 7.11 Å². The summed E-state index contributed by atoms with van der Waals surface area (Å²) >= 11 is 7.06. The number of rotatable bonds is 7. The molecule has 2 N–H and O–H groups in total. The highest BCUT2D eigenvalue weighted by Crippen LogP contribution is 2.17. The summed E-state index contributed by atoms with van der Waals surface area (Å²) in [6.07, 6.45) is 1.68. The minimum Gasteiger partial charge on any atom is -0.468 e. The van der Waals surface area contributed by atoms with Gasteiger partial charge in [-0.1, -0.05) is 6.07 Å². The van der Waals surface area contributed by atoms with Crippen molar-refractivity contribution in [3.8, 4) is 0 Å². The van der Waals surface area contributed by atoms with E-state index in [-0.39, 0.29) is 5.97 Å². The molecule has 128 valence electrons. The smallest absolute Gasteiger partial charge is 0.337 e. The van der Waals surface area contributed by atoms with Crippen molar-refractivity contribution < 1.29 is 13.9 Å². The second-order valence-corrected chi connectivity index (χ2v) is 6.55. The lowest BCUT2D eigenvalue weighted by Gasteiger charge is -2.13. The normalized spacial score (nSPS) is 10.2. The van der Waals surface area contributed by atoms with Gasteiger partial charge in [0.15, 0.2) is 5.11 Å². The van der Waals surface area contributed by atoms with Gasteiger partial charge in [0.1, 0.15) is 5.76 Å². The van der Waals surface area contributed by atoms with E-state index in [0.29, 0.717) is 10.7 Å². The zero-order valence-electron chi connectivity index (χ0n) is 13.6. The van der Waals surface area contributed by atoms with Gasteiger partial charge in [0.05, 0.1) is 24.7 Å². The van der Waals surface area contributed by atoms with Crippen LogP contribution in [-0.2, 0) is 10.5 Å². The molecule has 0 bridgehead atoms. The zero-order chi connectivity index (χ0) is 17.4. The summed E-state index contributed by atoms with van der Waals surface area (Å²) in [5.74, 6) is 2.35. The highest BCUT2D eigenvalue weighted by Gasteiger charge is 2.09. The highest BCUT2D eigenvalue weighted by molar-refractivity contribution is 7.98. The second-order valence-electron chi connectivity index (χ2n) is 5.03. The van der Waals surface area contributed by atoms with Crippen molar-refractivity contribution in [1.82, 2.24) is 5.32 Å². The number of benzene rings is 1. The molecule has 0 aliphatic heterocycles. The molecule has 0 atom stereocenters. The standard InChI is InChI=1S/C17H20N2O3S2/c1-12-5-6-13(16(20)21-2)10-15(12)19-17(23)18-7-9-24-11-14-4-3-8-22-14/h3-6,8,10H,7,9,11H2,1-2H3,(H2,18,19,23). The number of aryl methyl sites for hydroxylation is 1. The fourth-order valence-corrected chi connectivity index (χ4v) is 2.94. The molecule has 0 radical (unpaired) electrons. The van der Waals surface area contributed by atoms with Crippen LogP contribution >= 0.6 is 24.0 Å². The molecular weight excluding hydrogens is 344 g/mol. The maximum Gasteiger partial charge on any atom is 0.337 e. The Hall–Kier alpha value is -1.99. The van der Waals surface area contributed by atoms with E-state index in [2.05, 4.69) is 10.6 Å². The molecule has 24 heavy (non-hydrogen) atoms. The van der Waals surface area contributed by atoms with Gasteiger partial charge in [-0.2, -0.15) is 11.8 Å². The number of thioether (sulfide) groups is 1. The number of anilines is 1. The van der Waals surface area contributed by atoms with Crippen LogP contribution in [0.1, 0.15) is 21.7 Å². The highest BCUT2D eigenvalue weighted by atomic mass is 32.2. The number of ether oxygens (including phenoxy) is 1. The van der Waals surface area contributed by atoms with E-state index in [0.717, 1.165) is 35.1 Å². The topological polar surface area (TPSA) is 63.5 Å². The maximum atomic E-state index is 11.6. The fraction of sp³-hybridized carbons (Fsp3) is 0.294. The lowest BCUT2D eigenvalue weighted by atomic mass is 10.1. The van der Waals surface area contributed by atoms with Gasteiger partial charge in [-0.3, -0.25) is 0 Å². The number of furan rings is 1. The number of nitrogens with one attached hydrogen (secondary N) is 2. The lowest BCUT2D eigenvalue weighted by Crippen LogP contribution is -2.30. The predicted molar refractivity (Wildman–Crippen MR) is 102 cm³/mol. The number of methoxy groups -OCH3 is 1. The Balaban J connectivity index is 1.76. The second kappa shape index (κ2) is 9.34. The first-order chi connectivity index (χ1) is 11.6. The van der Waals surface area contributed by atoms with E-state index in [1.807, 2.05) is 25.1 Å². The van der Waals surface area contributed by atoms with Gasteiger partial charge < -0.3 is 19.8 Å². The molecule has 0 saturated heterocycles. The molecule has 0 aliphatic carbocycles. The number of esters is 1. The minimum absolute atomic E-state index is 0.369. The first-order valence-electron chi connectivity index (χ1n) is 7.44. The summed E-state index contributed by atoms with van der Waals surface area (Å²) in [7, 11) is 1.36. The molecule has 7 heteroatoms. The Morgan fingerprint density at radius 3 is 2.92 bits per heavy atom. The maximum absolute atomic E-state index is 11.6. The van der Waals surface area contributed by atoms with Gasteiger partial charge in [0.25, 0.3) is 0 Å². The van der Waals surface area contributed by atoms with Gasteiger partial charge in [0, 0.05) is 18.0 Å². The van der Waals surface area contributed by atoms with Gasteiger partial charge in [-0.25, -0.2) is 4.79 Å². The summed E-state index contributed by atoms with van der Waals surface area (Å²) in [6.45, 7) is 2.69. The summed E-state index contributed by atoms with van der Waals surface area (Å²) < 4.78 is 10.0. The number of carbonyl (C=O) groups is 1. The Morgan fingerprint density at radius 1 is 1.38 bits per heavy atom. The van der Waals surface area contributed by atoms with Crippen LogP contribution in [0.5, 0.6) is 0 Å². The molecule has 5 nitrogen and oxygen atoms in total. The molecular formula is C17H20N2O3S2. The van der Waals surface area contributed by atoms with Crippen molar-refractivity contribution in [2.75, 3.05) is 24.7 Å². The Kier molecular flexibility index (Phi) is 7.14. The van der Waals surface area contributed by atoms with Gasteiger partial charge in [0.2, 0.25) is 0 Å². The van der Waals surface area contributed by atoms with Crippen molar-refractivity contribution in [3.05, 3.63) is 53.5 Å². The minimum atomic E-state index is -0.369. The van der Waals surface area contributed by atoms with Gasteiger partial charge in [-0.15, -0.1) is 0 Å². The van der Waals surface area contributed by atoms with Crippen LogP contribution < -0.4 is 10.6 Å². The molecule has 1 aromatic heterocycles. The summed E-state index contributed by atoms with van der Waals surface area (Å²) in [5.41, 5.74) is 2.28. The van der Waals surface area contributed by atoms with Crippen molar-refractivity contribution >= 4 is 40.7 Å². The molecule has 0 fully saturated rings. The monoisotopic (exact) mass is 364 g/mol. The third-order valence-corrected chi connectivity index (χ3v) is 4.49. The molecule has 0 unspecified atom stereocenters. The average Bonchev–Trinajstić information content (AvgIpc) is 3.09. The SMILES string of the molecule is COC(=O)c1ccc(C)c(NC(=S)NCCSCc2ccco2)c1. The molecule has 0 spiro atoms. The zero-order valence-corrected chi connectivity index (χ0v) is 15.3. The molecule has 2 aromatic rings. The molecule has 0 saturated carbocycles. The van der Waals surface area contributed by atoms with Gasteiger partial charge >= 0.3 is 5.97 Å². The van der Waals surface area contributed by atoms with Crippen molar-refractivity contribution in [2.24, 2.45) is 0 Å². The largest absolute Gasteiger partial charge is 0.468 e. The van der Waals surface area contributed by atoms with E-state index in [4.69, 9.17) is 21.4 Å². The molecule has 1 aromatic carbocycles. The Bertz CT molecular complexity index is 687.